The van der Waals surface area contributed by atoms with E-state index in [4.69, 9.17) is 0 Å². The number of sulfonamides is 1. The SMILES string of the molecule is CCCCCCCc1cc(=O)n2c(c1-c1ccc(F)c(F)c1)SCC2C(=O)NS(C)(=O)=O. The Morgan fingerprint density at radius 1 is 1.16 bits per heavy atom. The number of unbranched alkanes of at least 4 members (excludes halogenated alkanes) is 4. The van der Waals surface area contributed by atoms with E-state index in [1.54, 1.807) is 0 Å². The Balaban J connectivity index is 2.06. The van der Waals surface area contributed by atoms with Gasteiger partial charge in [0.05, 0.1) is 11.3 Å². The van der Waals surface area contributed by atoms with E-state index in [1.165, 1.54) is 28.5 Å². The molecule has 1 unspecified atom stereocenters. The summed E-state index contributed by atoms with van der Waals surface area (Å²) in [4.78, 5) is 25.4. The number of benzene rings is 1. The summed E-state index contributed by atoms with van der Waals surface area (Å²) in [5.41, 5.74) is 1.28. The van der Waals surface area contributed by atoms with Gasteiger partial charge in [-0.3, -0.25) is 18.9 Å². The van der Waals surface area contributed by atoms with Crippen LogP contribution in [0.15, 0.2) is 34.1 Å². The van der Waals surface area contributed by atoms with Crippen LogP contribution in [0.25, 0.3) is 11.1 Å². The topological polar surface area (TPSA) is 85.2 Å². The minimum atomic E-state index is -3.79. The standard InChI is InChI=1S/C22H26F2N2O4S2/c1-3-4-5-6-7-8-14-12-19(27)26-18(21(28)25-32(2,29)30)13-31-22(26)20(14)15-9-10-16(23)17(24)11-15/h9-12,18H,3-8,13H2,1-2H3,(H,25,28). The van der Waals surface area contributed by atoms with Crippen molar-refractivity contribution in [2.75, 3.05) is 12.0 Å². The maximum Gasteiger partial charge on any atom is 0.257 e. The number of hydrogen-bond acceptors (Lipinski definition) is 5. The van der Waals surface area contributed by atoms with Gasteiger partial charge in [-0.25, -0.2) is 17.2 Å². The Labute approximate surface area is 190 Å². The van der Waals surface area contributed by atoms with E-state index in [0.717, 1.165) is 50.5 Å². The third-order valence-corrected chi connectivity index (χ3v) is 7.05. The smallest absolute Gasteiger partial charge is 0.257 e. The van der Waals surface area contributed by atoms with Crippen molar-refractivity contribution in [3.8, 4) is 11.1 Å². The number of pyridine rings is 1. The number of nitrogens with one attached hydrogen (secondary N) is 1. The van der Waals surface area contributed by atoms with E-state index in [-0.39, 0.29) is 5.75 Å². The Morgan fingerprint density at radius 2 is 1.88 bits per heavy atom. The highest BCUT2D eigenvalue weighted by Crippen LogP contribution is 2.41. The minimum Gasteiger partial charge on any atom is -0.289 e. The van der Waals surface area contributed by atoms with Crippen molar-refractivity contribution in [3.63, 3.8) is 0 Å². The number of aromatic nitrogens is 1. The monoisotopic (exact) mass is 484 g/mol. The molecule has 2 aromatic rings. The number of carbonyl (C=O) groups is 1. The van der Waals surface area contributed by atoms with Gasteiger partial charge in [0.25, 0.3) is 11.5 Å². The molecule has 1 aliphatic heterocycles. The summed E-state index contributed by atoms with van der Waals surface area (Å²) in [6.45, 7) is 2.12. The largest absolute Gasteiger partial charge is 0.289 e. The molecule has 32 heavy (non-hydrogen) atoms. The van der Waals surface area contributed by atoms with Crippen molar-refractivity contribution in [2.45, 2.75) is 56.5 Å². The molecule has 1 aromatic heterocycles. The molecule has 6 nitrogen and oxygen atoms in total. The zero-order chi connectivity index (χ0) is 23.5. The van der Waals surface area contributed by atoms with Crippen LogP contribution >= 0.6 is 11.8 Å². The molecule has 2 heterocycles. The van der Waals surface area contributed by atoms with Gasteiger partial charge in [-0.15, -0.1) is 11.8 Å². The van der Waals surface area contributed by atoms with Gasteiger partial charge < -0.3 is 0 Å². The third-order valence-electron chi connectivity index (χ3n) is 5.33. The average molecular weight is 485 g/mol. The summed E-state index contributed by atoms with van der Waals surface area (Å²) in [6.07, 6.45) is 6.57. The van der Waals surface area contributed by atoms with Crippen molar-refractivity contribution in [3.05, 3.63) is 51.8 Å². The molecule has 3 rings (SSSR count). The molecule has 1 N–H and O–H groups in total. The van der Waals surface area contributed by atoms with E-state index < -0.39 is 39.2 Å². The van der Waals surface area contributed by atoms with E-state index in [1.807, 2.05) is 4.72 Å². The molecule has 0 saturated heterocycles. The summed E-state index contributed by atoms with van der Waals surface area (Å²) in [7, 11) is -3.79. The summed E-state index contributed by atoms with van der Waals surface area (Å²) in [6, 6.07) is 3.98. The van der Waals surface area contributed by atoms with Crippen LogP contribution in [0.5, 0.6) is 0 Å². The molecule has 0 saturated carbocycles. The molecule has 0 radical (unpaired) electrons. The fourth-order valence-electron chi connectivity index (χ4n) is 3.84. The number of fused-ring (bicyclic) bond motifs is 1. The van der Waals surface area contributed by atoms with Gasteiger partial charge >= 0.3 is 0 Å². The van der Waals surface area contributed by atoms with Gasteiger partial charge in [-0.05, 0) is 36.1 Å². The first kappa shape index (κ1) is 24.4. The Hall–Kier alpha value is -2.20. The van der Waals surface area contributed by atoms with Crippen molar-refractivity contribution < 1.29 is 22.0 Å². The molecular formula is C22H26F2N2O4S2. The number of nitrogens with zero attached hydrogens (tertiary/aromatic N) is 1. The van der Waals surface area contributed by atoms with Crippen molar-refractivity contribution >= 4 is 27.7 Å². The van der Waals surface area contributed by atoms with Crippen LogP contribution in [-0.2, 0) is 21.2 Å². The van der Waals surface area contributed by atoms with Crippen LogP contribution in [0.3, 0.4) is 0 Å². The van der Waals surface area contributed by atoms with Crippen LogP contribution in [0.4, 0.5) is 8.78 Å². The highest BCUT2D eigenvalue weighted by molar-refractivity contribution is 7.99. The number of amides is 1. The molecule has 1 aromatic carbocycles. The normalized spacial score (nSPS) is 15.6. The van der Waals surface area contributed by atoms with Crippen LogP contribution < -0.4 is 10.3 Å². The van der Waals surface area contributed by atoms with Crippen LogP contribution in [0.1, 0.15) is 50.6 Å². The average Bonchev–Trinajstić information content (AvgIpc) is 3.15. The molecule has 1 aliphatic rings. The maximum atomic E-state index is 14.0. The zero-order valence-corrected chi connectivity index (χ0v) is 19.6. The van der Waals surface area contributed by atoms with Crippen molar-refractivity contribution in [1.29, 1.82) is 0 Å². The number of rotatable bonds is 9. The predicted octanol–water partition coefficient (Wildman–Crippen LogP) is 4.03. The molecule has 1 amide bonds. The highest BCUT2D eigenvalue weighted by atomic mass is 32.2. The molecule has 10 heteroatoms. The van der Waals surface area contributed by atoms with Gasteiger partial charge in [-0.2, -0.15) is 0 Å². The molecule has 0 bridgehead atoms. The molecule has 174 valence electrons. The van der Waals surface area contributed by atoms with E-state index in [0.29, 0.717) is 28.1 Å². The van der Waals surface area contributed by atoms with Gasteiger partial charge in [0, 0.05) is 17.4 Å². The quantitative estimate of drug-likeness (QED) is 0.543. The predicted molar refractivity (Wildman–Crippen MR) is 121 cm³/mol. The lowest BCUT2D eigenvalue weighted by Crippen LogP contribution is -2.39. The lowest BCUT2D eigenvalue weighted by molar-refractivity contribution is -0.122. The van der Waals surface area contributed by atoms with E-state index in [9.17, 15) is 26.8 Å². The van der Waals surface area contributed by atoms with Crippen LogP contribution in [0.2, 0.25) is 0 Å². The summed E-state index contributed by atoms with van der Waals surface area (Å²) < 4.78 is 53.8. The summed E-state index contributed by atoms with van der Waals surface area (Å²) in [5, 5.41) is 0.459. The maximum absolute atomic E-state index is 14.0. The number of hydrogen-bond donors (Lipinski definition) is 1. The molecule has 0 spiro atoms. The van der Waals surface area contributed by atoms with Gasteiger partial charge in [-0.1, -0.05) is 38.7 Å². The van der Waals surface area contributed by atoms with Crippen molar-refractivity contribution in [1.82, 2.24) is 9.29 Å². The molecule has 0 aliphatic carbocycles. The second-order valence-corrected chi connectivity index (χ2v) is 10.7. The zero-order valence-electron chi connectivity index (χ0n) is 18.0. The fourth-order valence-corrected chi connectivity index (χ4v) is 5.71. The van der Waals surface area contributed by atoms with Gasteiger partial charge in [0.1, 0.15) is 6.04 Å². The van der Waals surface area contributed by atoms with Gasteiger partial charge in [0.15, 0.2) is 11.6 Å². The highest BCUT2D eigenvalue weighted by Gasteiger charge is 2.34. The molecule has 1 atom stereocenters. The summed E-state index contributed by atoms with van der Waals surface area (Å²) in [5.74, 6) is -2.62. The summed E-state index contributed by atoms with van der Waals surface area (Å²) >= 11 is 1.23. The fraction of sp³-hybridized carbons (Fsp3) is 0.455. The Morgan fingerprint density at radius 3 is 2.53 bits per heavy atom. The third kappa shape index (κ3) is 5.58. The first-order chi connectivity index (χ1) is 15.1. The first-order valence-electron chi connectivity index (χ1n) is 10.5. The second-order valence-electron chi connectivity index (χ2n) is 7.92. The number of thioether (sulfide) groups is 1. The number of halogens is 2. The first-order valence-corrected chi connectivity index (χ1v) is 13.4. The lowest BCUT2D eigenvalue weighted by atomic mass is 9.96. The van der Waals surface area contributed by atoms with Crippen LogP contribution in [0, 0.1) is 11.6 Å². The molecule has 0 fully saturated rings. The minimum absolute atomic E-state index is 0.160. The number of carbonyl (C=O) groups excluding carboxylic acids is 1. The van der Waals surface area contributed by atoms with Gasteiger partial charge in [0.2, 0.25) is 10.0 Å². The van der Waals surface area contributed by atoms with Crippen LogP contribution in [-0.4, -0.2) is 30.9 Å². The number of aryl methyl sites for hydroxylation is 1. The Bertz CT molecular complexity index is 1180. The lowest BCUT2D eigenvalue weighted by Gasteiger charge is -2.18. The van der Waals surface area contributed by atoms with Crippen molar-refractivity contribution in [2.24, 2.45) is 0 Å². The second kappa shape index (κ2) is 10.2. The molecular weight excluding hydrogens is 458 g/mol. The van der Waals surface area contributed by atoms with E-state index >= 15 is 0 Å². The van der Waals surface area contributed by atoms with E-state index in [2.05, 4.69) is 6.92 Å². The Kier molecular flexibility index (Phi) is 7.76.